The van der Waals surface area contributed by atoms with Gasteiger partial charge in [0.25, 0.3) is 0 Å². The van der Waals surface area contributed by atoms with Crippen molar-refractivity contribution in [2.24, 2.45) is 0 Å². The molecule has 0 saturated carbocycles. The molecule has 0 saturated heterocycles. The van der Waals surface area contributed by atoms with E-state index in [0.717, 1.165) is 38.1 Å². The average molecular weight is 524 g/mol. The molecule has 0 radical (unpaired) electrons. The lowest BCUT2D eigenvalue weighted by molar-refractivity contribution is 0.557. The molecule has 0 aliphatic heterocycles. The molecule has 0 spiro atoms. The second-order valence-electron chi connectivity index (χ2n) is 8.11. The van der Waals surface area contributed by atoms with Crippen LogP contribution >= 0.6 is 50.7 Å². The maximum atomic E-state index is 6.63. The number of hydrogen-bond donors (Lipinski definition) is 0. The van der Waals surface area contributed by atoms with Gasteiger partial charge in [-0.1, -0.05) is 72.1 Å². The molecular weight excluding hydrogens is 503 g/mol. The average Bonchev–Trinajstić information content (AvgIpc) is 2.83. The highest BCUT2D eigenvalue weighted by Gasteiger charge is 2.27. The number of hydrogen-bond acceptors (Lipinski definition) is 3. The summed E-state index contributed by atoms with van der Waals surface area (Å²) in [6.45, 7) is 8.53. The Hall–Kier alpha value is -1.60. The van der Waals surface area contributed by atoms with Crippen LogP contribution in [-0.4, -0.2) is 18.7 Å². The molecule has 0 fully saturated rings. The Labute approximate surface area is 198 Å². The maximum absolute atomic E-state index is 6.63. The fraction of sp³-hybridized carbons (Fsp3) is 0.273. The van der Waals surface area contributed by atoms with Crippen molar-refractivity contribution in [1.29, 1.82) is 0 Å². The summed E-state index contributed by atoms with van der Waals surface area (Å²) < 4.78 is 5.02. The van der Waals surface area contributed by atoms with Crippen molar-refractivity contribution in [3.63, 3.8) is 0 Å². The highest BCUT2D eigenvalue weighted by Crippen LogP contribution is 2.36. The van der Waals surface area contributed by atoms with Crippen LogP contribution in [0.25, 0.3) is 17.1 Å². The van der Waals surface area contributed by atoms with E-state index in [2.05, 4.69) is 66.4 Å². The van der Waals surface area contributed by atoms with Gasteiger partial charge in [0.15, 0.2) is 5.82 Å². The number of rotatable bonds is 3. The molecule has 8 heteroatoms. The molecule has 3 aromatic rings. The van der Waals surface area contributed by atoms with Gasteiger partial charge in [0.1, 0.15) is 10.8 Å². The summed E-state index contributed by atoms with van der Waals surface area (Å²) in [6.07, 6.45) is 6.45. The van der Waals surface area contributed by atoms with Crippen LogP contribution in [0.2, 0.25) is 0 Å². The Kier molecular flexibility index (Phi) is 5.88. The van der Waals surface area contributed by atoms with Gasteiger partial charge >= 0.3 is 0 Å². The Morgan fingerprint density at radius 2 is 1.77 bits per heavy atom. The van der Waals surface area contributed by atoms with Gasteiger partial charge < -0.3 is 0 Å². The molecule has 0 unspecified atom stereocenters. The van der Waals surface area contributed by atoms with Gasteiger partial charge in [-0.05, 0) is 55.2 Å². The van der Waals surface area contributed by atoms with Crippen molar-refractivity contribution in [1.82, 2.24) is 18.7 Å². The Morgan fingerprint density at radius 3 is 2.40 bits per heavy atom. The SMILES string of the molecule is Cc1c(-n2nc(C(C)(C)C)s2)nc(C2=CCC=C(Cl)C=C2Cl)n1-c1ccc(Br)cc1. The molecule has 1 aliphatic carbocycles. The second-order valence-corrected chi connectivity index (χ2v) is 10.8. The molecule has 2 aromatic heterocycles. The number of allylic oxidation sites excluding steroid dienone is 6. The first-order valence-corrected chi connectivity index (χ1v) is 11.8. The summed E-state index contributed by atoms with van der Waals surface area (Å²) in [5.74, 6) is 1.57. The zero-order valence-electron chi connectivity index (χ0n) is 17.1. The fourth-order valence-electron chi connectivity index (χ4n) is 3.15. The highest BCUT2D eigenvalue weighted by molar-refractivity contribution is 9.10. The molecule has 2 heterocycles. The smallest absolute Gasteiger partial charge is 0.187 e. The van der Waals surface area contributed by atoms with Gasteiger partial charge in [-0.3, -0.25) is 4.57 Å². The zero-order valence-corrected chi connectivity index (χ0v) is 21.0. The number of imidazole rings is 1. The summed E-state index contributed by atoms with van der Waals surface area (Å²) in [6, 6.07) is 8.14. The third-order valence-electron chi connectivity index (χ3n) is 4.74. The Balaban J connectivity index is 1.89. The second kappa shape index (κ2) is 8.15. The van der Waals surface area contributed by atoms with Crippen molar-refractivity contribution >= 4 is 56.2 Å². The zero-order chi connectivity index (χ0) is 21.6. The molecule has 0 amide bonds. The Bertz CT molecular complexity index is 1180. The van der Waals surface area contributed by atoms with E-state index in [1.54, 1.807) is 17.6 Å². The van der Waals surface area contributed by atoms with Gasteiger partial charge in [0.05, 0.1) is 10.7 Å². The topological polar surface area (TPSA) is 35.6 Å². The van der Waals surface area contributed by atoms with E-state index in [-0.39, 0.29) is 5.41 Å². The van der Waals surface area contributed by atoms with Gasteiger partial charge in [-0.15, -0.1) is 5.10 Å². The minimum absolute atomic E-state index is 0.0183. The van der Waals surface area contributed by atoms with E-state index in [9.17, 15) is 0 Å². The fourth-order valence-corrected chi connectivity index (χ4v) is 4.77. The van der Waals surface area contributed by atoms with Crippen LogP contribution in [0.5, 0.6) is 0 Å². The van der Waals surface area contributed by atoms with Crippen molar-refractivity contribution < 1.29 is 0 Å². The molecule has 1 aliphatic rings. The largest absolute Gasteiger partial charge is 0.295 e. The van der Waals surface area contributed by atoms with Gasteiger partial charge in [0, 0.05) is 26.2 Å². The molecule has 0 N–H and O–H groups in total. The van der Waals surface area contributed by atoms with Gasteiger partial charge in [-0.25, -0.2) is 4.98 Å². The predicted molar refractivity (Wildman–Crippen MR) is 130 cm³/mol. The number of benzene rings is 1. The minimum Gasteiger partial charge on any atom is -0.295 e. The van der Waals surface area contributed by atoms with Crippen molar-refractivity contribution in [2.45, 2.75) is 39.5 Å². The Morgan fingerprint density at radius 1 is 1.10 bits per heavy atom. The molecular formula is C22H21BrCl2N4S. The van der Waals surface area contributed by atoms with Crippen LogP contribution in [-0.2, 0) is 5.41 Å². The van der Waals surface area contributed by atoms with Crippen LogP contribution in [0.4, 0.5) is 0 Å². The molecule has 1 aromatic carbocycles. The van der Waals surface area contributed by atoms with E-state index in [0.29, 0.717) is 16.5 Å². The number of halogens is 3. The first kappa shape index (κ1) is 21.6. The van der Waals surface area contributed by atoms with E-state index in [1.807, 2.05) is 22.3 Å². The third-order valence-corrected chi connectivity index (χ3v) is 7.14. The molecule has 156 valence electrons. The highest BCUT2D eigenvalue weighted by atomic mass is 79.9. The van der Waals surface area contributed by atoms with Crippen molar-refractivity contribution in [3.05, 3.63) is 73.6 Å². The van der Waals surface area contributed by atoms with Crippen LogP contribution in [0, 0.1) is 6.92 Å². The van der Waals surface area contributed by atoms with Crippen molar-refractivity contribution in [3.8, 4) is 11.5 Å². The summed E-state index contributed by atoms with van der Waals surface area (Å²) in [7, 11) is 0. The van der Waals surface area contributed by atoms with Crippen LogP contribution in [0.15, 0.2) is 57.0 Å². The molecule has 30 heavy (non-hydrogen) atoms. The molecule has 0 bridgehead atoms. The predicted octanol–water partition coefficient (Wildman–Crippen LogP) is 7.52. The van der Waals surface area contributed by atoms with Crippen molar-refractivity contribution in [2.75, 3.05) is 0 Å². The normalized spacial score (nSPS) is 15.0. The molecule has 0 atom stereocenters. The van der Waals surface area contributed by atoms with Gasteiger partial charge in [0.2, 0.25) is 0 Å². The lowest BCUT2D eigenvalue weighted by atomic mass is 9.98. The minimum atomic E-state index is 0.0183. The van der Waals surface area contributed by atoms with Crippen LogP contribution in [0.1, 0.15) is 43.7 Å². The number of aromatic nitrogens is 4. The maximum Gasteiger partial charge on any atom is 0.187 e. The van der Waals surface area contributed by atoms with E-state index >= 15 is 0 Å². The molecule has 4 nitrogen and oxygen atoms in total. The summed E-state index contributed by atoms with van der Waals surface area (Å²) in [5.41, 5.74) is 2.87. The standard InChI is InChI=1S/C22H21BrCl2N4S/c1-13-19(29-27-21(30-29)22(2,3)4)26-20(17-7-5-6-15(24)12-18(17)25)28(13)16-10-8-14(23)9-11-16/h6-12H,5H2,1-4H3. The first-order valence-electron chi connectivity index (χ1n) is 9.51. The monoisotopic (exact) mass is 522 g/mol. The van der Waals surface area contributed by atoms with Gasteiger partial charge in [-0.2, -0.15) is 4.07 Å². The van der Waals surface area contributed by atoms with Crippen LogP contribution in [0.3, 0.4) is 0 Å². The van der Waals surface area contributed by atoms with E-state index in [4.69, 9.17) is 33.3 Å². The first-order chi connectivity index (χ1) is 14.1. The van der Waals surface area contributed by atoms with E-state index < -0.39 is 0 Å². The summed E-state index contributed by atoms with van der Waals surface area (Å²) in [4.78, 5) is 4.98. The van der Waals surface area contributed by atoms with E-state index in [1.165, 1.54) is 0 Å². The quantitative estimate of drug-likeness (QED) is 0.355. The third kappa shape index (κ3) is 4.11. The number of nitrogens with zero attached hydrogens (tertiary/aromatic N) is 4. The lowest BCUT2D eigenvalue weighted by Gasteiger charge is -2.21. The van der Waals surface area contributed by atoms with Crippen LogP contribution < -0.4 is 0 Å². The summed E-state index contributed by atoms with van der Waals surface area (Å²) >= 11 is 18.0. The summed E-state index contributed by atoms with van der Waals surface area (Å²) in [5, 5.41) is 6.99. The molecule has 4 rings (SSSR count). The lowest BCUT2D eigenvalue weighted by Crippen LogP contribution is -2.20.